The van der Waals surface area contributed by atoms with Crippen LogP contribution in [0.4, 0.5) is 0 Å². The Labute approximate surface area is 159 Å². The average Bonchev–Trinajstić information content (AvgIpc) is 3.16. The van der Waals surface area contributed by atoms with E-state index in [1.54, 1.807) is 33.8 Å². The Hall–Kier alpha value is -2.57. The molecule has 0 radical (unpaired) electrons. The predicted octanol–water partition coefficient (Wildman–Crippen LogP) is 4.56. The van der Waals surface area contributed by atoms with Crippen LogP contribution in [0.15, 0.2) is 47.0 Å². The van der Waals surface area contributed by atoms with Gasteiger partial charge in [-0.15, -0.1) is 11.3 Å². The van der Waals surface area contributed by atoms with Gasteiger partial charge in [-0.3, -0.25) is 14.3 Å². The fourth-order valence-corrected chi connectivity index (χ4v) is 3.88. The highest BCUT2D eigenvalue weighted by atomic mass is 35.5. The summed E-state index contributed by atoms with van der Waals surface area (Å²) in [6.07, 6.45) is 3.54. The number of benzene rings is 1. The van der Waals surface area contributed by atoms with Crippen molar-refractivity contribution in [3.05, 3.63) is 63.4 Å². The molecular weight excluding hydrogens is 368 g/mol. The summed E-state index contributed by atoms with van der Waals surface area (Å²) in [7, 11) is 0. The highest BCUT2D eigenvalue weighted by Crippen LogP contribution is 2.33. The normalized spacial score (nSPS) is 11.2. The molecule has 0 fully saturated rings. The quantitative estimate of drug-likeness (QED) is 0.521. The number of nitrogens with zero attached hydrogens (tertiary/aromatic N) is 4. The van der Waals surface area contributed by atoms with Crippen molar-refractivity contribution < 1.29 is 0 Å². The third-order valence-electron chi connectivity index (χ3n) is 4.24. The van der Waals surface area contributed by atoms with Gasteiger partial charge < -0.3 is 0 Å². The monoisotopic (exact) mass is 382 g/mol. The van der Waals surface area contributed by atoms with Gasteiger partial charge in [-0.25, -0.2) is 9.97 Å². The smallest absolute Gasteiger partial charge is 0.260 e. The number of thiazole rings is 1. The van der Waals surface area contributed by atoms with E-state index in [9.17, 15) is 4.79 Å². The topological polar surface area (TPSA) is 60.7 Å². The lowest BCUT2D eigenvalue weighted by molar-refractivity contribution is 0.748. The molecule has 0 N–H and O–H groups in total. The van der Waals surface area contributed by atoms with E-state index < -0.39 is 0 Å². The van der Waals surface area contributed by atoms with Gasteiger partial charge in [-0.2, -0.15) is 0 Å². The number of fused-ring (bicyclic) bond motifs is 1. The van der Waals surface area contributed by atoms with Gasteiger partial charge in [0.15, 0.2) is 0 Å². The largest absolute Gasteiger partial charge is 0.292 e. The Balaban J connectivity index is 1.93. The summed E-state index contributed by atoms with van der Waals surface area (Å²) in [5.41, 5.74) is 4.55. The number of halogens is 1. The first-order valence-corrected chi connectivity index (χ1v) is 9.40. The average molecular weight is 383 g/mol. The fraction of sp³-hybridized carbons (Fsp3) is 0.158. The van der Waals surface area contributed by atoms with Crippen LogP contribution in [0.3, 0.4) is 0 Å². The van der Waals surface area contributed by atoms with Crippen LogP contribution >= 0.6 is 22.9 Å². The first kappa shape index (κ1) is 16.9. The minimum atomic E-state index is -0.106. The summed E-state index contributed by atoms with van der Waals surface area (Å²) in [4.78, 5) is 26.8. The minimum absolute atomic E-state index is 0.106. The summed E-state index contributed by atoms with van der Waals surface area (Å²) in [5.74, 6) is 0.638. The van der Waals surface area contributed by atoms with Gasteiger partial charge in [0.05, 0.1) is 10.4 Å². The Morgan fingerprint density at radius 3 is 2.73 bits per heavy atom. The zero-order chi connectivity index (χ0) is 18.3. The summed E-state index contributed by atoms with van der Waals surface area (Å²) in [6.45, 7) is 4.26. The van der Waals surface area contributed by atoms with E-state index in [0.717, 1.165) is 15.8 Å². The van der Waals surface area contributed by atoms with Gasteiger partial charge in [-0.1, -0.05) is 23.7 Å². The van der Waals surface area contributed by atoms with E-state index in [2.05, 4.69) is 15.0 Å². The van der Waals surface area contributed by atoms with Crippen LogP contribution in [-0.2, 0) is 6.54 Å². The molecule has 7 heteroatoms. The van der Waals surface area contributed by atoms with E-state index in [0.29, 0.717) is 34.2 Å². The van der Waals surface area contributed by atoms with Crippen molar-refractivity contribution in [1.82, 2.24) is 19.5 Å². The molecule has 3 heterocycles. The third-order valence-corrected chi connectivity index (χ3v) is 5.37. The Morgan fingerprint density at radius 1 is 1.19 bits per heavy atom. The van der Waals surface area contributed by atoms with Crippen LogP contribution in [0.5, 0.6) is 0 Å². The fourth-order valence-electron chi connectivity index (χ4n) is 2.98. The lowest BCUT2D eigenvalue weighted by Gasteiger charge is -2.12. The molecule has 0 aliphatic heterocycles. The molecule has 0 unspecified atom stereocenters. The maximum absolute atomic E-state index is 13.0. The second-order valence-corrected chi connectivity index (χ2v) is 7.16. The first-order chi connectivity index (χ1) is 12.6. The Bertz CT molecular complexity index is 1170. The Kier molecular flexibility index (Phi) is 4.30. The van der Waals surface area contributed by atoms with Gasteiger partial charge >= 0.3 is 0 Å². The summed E-state index contributed by atoms with van der Waals surface area (Å²) in [5, 5.41) is 1.35. The lowest BCUT2D eigenvalue weighted by atomic mass is 10.0. The van der Waals surface area contributed by atoms with Crippen LogP contribution < -0.4 is 5.56 Å². The zero-order valence-corrected chi connectivity index (χ0v) is 15.8. The first-order valence-electron chi connectivity index (χ1n) is 8.14. The second-order valence-electron chi connectivity index (χ2n) is 5.86. The molecule has 5 nitrogen and oxygen atoms in total. The van der Waals surface area contributed by atoms with Crippen molar-refractivity contribution in [2.75, 3.05) is 0 Å². The van der Waals surface area contributed by atoms with E-state index in [4.69, 9.17) is 11.6 Å². The number of pyridine rings is 1. The predicted molar refractivity (Wildman–Crippen MR) is 106 cm³/mol. The van der Waals surface area contributed by atoms with Crippen LogP contribution in [0.2, 0.25) is 5.02 Å². The third kappa shape index (κ3) is 2.81. The van der Waals surface area contributed by atoms with E-state index in [1.165, 1.54) is 0 Å². The SMILES string of the molecule is CCn1c(=O)c(-c2ccc(-c3cncs3)cc2Cl)cc2cnc(C)nc21. The van der Waals surface area contributed by atoms with Crippen molar-refractivity contribution in [2.24, 2.45) is 0 Å². The molecule has 0 bridgehead atoms. The van der Waals surface area contributed by atoms with Gasteiger partial charge in [-0.05, 0) is 31.5 Å². The van der Waals surface area contributed by atoms with Gasteiger partial charge in [0, 0.05) is 40.5 Å². The van der Waals surface area contributed by atoms with Crippen LogP contribution in [0.1, 0.15) is 12.7 Å². The molecule has 130 valence electrons. The standard InChI is InChI=1S/C19H15ClN4OS/c1-3-24-18-13(8-22-11(2)23-18)6-15(19(24)25)14-5-4-12(7-16(14)20)17-9-21-10-26-17/h4-10H,3H2,1-2H3. The molecule has 4 aromatic rings. The molecule has 0 spiro atoms. The maximum Gasteiger partial charge on any atom is 0.260 e. The van der Waals surface area contributed by atoms with Gasteiger partial charge in [0.25, 0.3) is 5.56 Å². The number of aromatic nitrogens is 4. The summed E-state index contributed by atoms with van der Waals surface area (Å²) >= 11 is 8.08. The Morgan fingerprint density at radius 2 is 2.04 bits per heavy atom. The van der Waals surface area contributed by atoms with E-state index >= 15 is 0 Å². The molecule has 0 saturated heterocycles. The maximum atomic E-state index is 13.0. The molecule has 4 rings (SSSR count). The molecule has 0 atom stereocenters. The molecule has 1 aromatic carbocycles. The zero-order valence-electron chi connectivity index (χ0n) is 14.2. The number of hydrogen-bond acceptors (Lipinski definition) is 5. The lowest BCUT2D eigenvalue weighted by Crippen LogP contribution is -2.22. The second kappa shape index (κ2) is 6.63. The van der Waals surface area contributed by atoms with Crippen molar-refractivity contribution >= 4 is 34.0 Å². The number of hydrogen-bond donors (Lipinski definition) is 0. The van der Waals surface area contributed by atoms with Crippen LogP contribution in [-0.4, -0.2) is 19.5 Å². The highest BCUT2D eigenvalue weighted by Gasteiger charge is 2.15. The number of aryl methyl sites for hydroxylation is 2. The van der Waals surface area contributed by atoms with Crippen LogP contribution in [0, 0.1) is 6.92 Å². The molecule has 0 amide bonds. The molecule has 26 heavy (non-hydrogen) atoms. The van der Waals surface area contributed by atoms with Gasteiger partial charge in [0.1, 0.15) is 11.5 Å². The minimum Gasteiger partial charge on any atom is -0.292 e. The summed E-state index contributed by atoms with van der Waals surface area (Å²) < 4.78 is 1.66. The summed E-state index contributed by atoms with van der Waals surface area (Å²) in [6, 6.07) is 7.53. The molecule has 3 aromatic heterocycles. The molecule has 0 aliphatic rings. The molecular formula is C19H15ClN4OS. The molecule has 0 aliphatic carbocycles. The van der Waals surface area contributed by atoms with Crippen molar-refractivity contribution in [3.63, 3.8) is 0 Å². The van der Waals surface area contributed by atoms with Crippen molar-refractivity contribution in [2.45, 2.75) is 20.4 Å². The molecule has 0 saturated carbocycles. The highest BCUT2D eigenvalue weighted by molar-refractivity contribution is 7.13. The van der Waals surface area contributed by atoms with Gasteiger partial charge in [0.2, 0.25) is 0 Å². The van der Waals surface area contributed by atoms with E-state index in [1.807, 2.05) is 38.1 Å². The van der Waals surface area contributed by atoms with E-state index in [-0.39, 0.29) is 5.56 Å². The number of rotatable bonds is 3. The van der Waals surface area contributed by atoms with Crippen molar-refractivity contribution in [1.29, 1.82) is 0 Å². The van der Waals surface area contributed by atoms with Crippen molar-refractivity contribution in [3.8, 4) is 21.6 Å². The van der Waals surface area contributed by atoms with Crippen LogP contribution in [0.25, 0.3) is 32.6 Å².